The first kappa shape index (κ1) is 48.1. The Morgan fingerprint density at radius 1 is 0.839 bits per heavy atom. The summed E-state index contributed by atoms with van der Waals surface area (Å²) in [5, 5.41) is 55.0. The summed E-state index contributed by atoms with van der Waals surface area (Å²) >= 11 is 0. The molecule has 2 fully saturated rings. The minimum atomic E-state index is -2.18. The van der Waals surface area contributed by atoms with Gasteiger partial charge in [0.05, 0.1) is 36.6 Å². The molecule has 2 saturated heterocycles. The maximum Gasteiger partial charge on any atom is 0.330 e. The van der Waals surface area contributed by atoms with Crippen molar-refractivity contribution in [1.29, 1.82) is 0 Å². The van der Waals surface area contributed by atoms with Crippen molar-refractivity contribution < 1.29 is 54.1 Å². The third kappa shape index (κ3) is 11.5. The topological polar surface area (TPSA) is 180 Å². The number of aliphatic hydroxyl groups excluding tert-OH is 4. The first-order chi connectivity index (χ1) is 26.1. The van der Waals surface area contributed by atoms with Crippen molar-refractivity contribution in [3.05, 3.63) is 36.5 Å². The van der Waals surface area contributed by atoms with Gasteiger partial charge >= 0.3 is 5.97 Å². The maximum absolute atomic E-state index is 13.5. The SMILES string of the molecule is CC[C@@H]1/C=C/C=C/C[C@H](C)[C@@H](O)[C@](C)(O)C(=O)[C@@H](C)[C@H](O)[C@@H](C)C(=O)[C@H](C)[C@@H](O)[C@H](C)/C=C/C(=O)O[C@H]2[C@@H](C)[C@@H](CC1)O[C@]1(CC[C@@H](C)[C@H](C[C@H](C)O)O1)[C@@H]2C. The third-order valence-electron chi connectivity index (χ3n) is 13.4. The summed E-state index contributed by atoms with van der Waals surface area (Å²) in [7, 11) is 0. The summed E-state index contributed by atoms with van der Waals surface area (Å²) in [6.45, 7) is 19.1. The van der Waals surface area contributed by atoms with E-state index in [0.29, 0.717) is 25.7 Å². The van der Waals surface area contributed by atoms with Crippen molar-refractivity contribution in [2.75, 3.05) is 0 Å². The van der Waals surface area contributed by atoms with Crippen LogP contribution in [0.2, 0.25) is 0 Å². The van der Waals surface area contributed by atoms with Crippen LogP contribution in [0.25, 0.3) is 0 Å². The van der Waals surface area contributed by atoms with Crippen molar-refractivity contribution in [1.82, 2.24) is 0 Å². The molecule has 3 aliphatic heterocycles. The maximum atomic E-state index is 13.5. The van der Waals surface area contributed by atoms with Crippen LogP contribution in [-0.4, -0.2) is 97.2 Å². The summed E-state index contributed by atoms with van der Waals surface area (Å²) in [6, 6.07) is 0. The Hall–Kier alpha value is -2.25. The molecule has 0 saturated carbocycles. The molecule has 0 aliphatic carbocycles. The number of allylic oxidation sites excluding steroid dienone is 4. The summed E-state index contributed by atoms with van der Waals surface area (Å²) in [5.74, 6) is -7.28. The number of ketones is 2. The Kier molecular flexibility index (Phi) is 17.7. The van der Waals surface area contributed by atoms with E-state index < -0.39 is 89.0 Å². The van der Waals surface area contributed by atoms with Crippen LogP contribution in [0.1, 0.15) is 121 Å². The lowest BCUT2D eigenvalue weighted by molar-refractivity contribution is -0.371. The van der Waals surface area contributed by atoms with Gasteiger partial charge in [-0.3, -0.25) is 9.59 Å². The largest absolute Gasteiger partial charge is 0.458 e. The molecule has 5 N–H and O–H groups in total. The van der Waals surface area contributed by atoms with Crippen LogP contribution < -0.4 is 0 Å². The zero-order valence-corrected chi connectivity index (χ0v) is 35.8. The van der Waals surface area contributed by atoms with E-state index in [9.17, 15) is 39.9 Å². The molecule has 2 bridgehead atoms. The van der Waals surface area contributed by atoms with Crippen LogP contribution in [-0.2, 0) is 28.6 Å². The van der Waals surface area contributed by atoms with Crippen molar-refractivity contribution in [2.24, 2.45) is 53.3 Å². The van der Waals surface area contributed by atoms with E-state index >= 15 is 0 Å². The highest BCUT2D eigenvalue weighted by molar-refractivity contribution is 5.91. The number of carbonyl (C=O) groups excluding carboxylic acids is 3. The highest BCUT2D eigenvalue weighted by Crippen LogP contribution is 2.49. The molecule has 1 spiro atoms. The summed E-state index contributed by atoms with van der Waals surface area (Å²) < 4.78 is 20.0. The van der Waals surface area contributed by atoms with Gasteiger partial charge in [-0.2, -0.15) is 0 Å². The van der Waals surface area contributed by atoms with Gasteiger partial charge in [0.1, 0.15) is 17.5 Å². The fourth-order valence-electron chi connectivity index (χ4n) is 9.01. The minimum Gasteiger partial charge on any atom is -0.458 e. The second-order valence-electron chi connectivity index (χ2n) is 18.0. The van der Waals surface area contributed by atoms with Crippen molar-refractivity contribution >= 4 is 17.5 Å². The van der Waals surface area contributed by atoms with Gasteiger partial charge in [0, 0.05) is 48.0 Å². The normalized spacial score (nSPS) is 46.8. The van der Waals surface area contributed by atoms with Gasteiger partial charge < -0.3 is 39.7 Å². The highest BCUT2D eigenvalue weighted by atomic mass is 16.7. The Bertz CT molecular complexity index is 1390. The molecule has 0 aromatic rings. The molecule has 18 atom stereocenters. The van der Waals surface area contributed by atoms with E-state index in [1.165, 1.54) is 39.8 Å². The number of esters is 1. The number of carbonyl (C=O) groups is 3. The number of hydrogen-bond acceptors (Lipinski definition) is 11. The Balaban J connectivity index is 1.99. The van der Waals surface area contributed by atoms with E-state index in [1.807, 2.05) is 32.1 Å². The molecule has 11 nitrogen and oxygen atoms in total. The zero-order valence-electron chi connectivity index (χ0n) is 35.8. The first-order valence-electron chi connectivity index (χ1n) is 21.2. The van der Waals surface area contributed by atoms with Crippen LogP contribution >= 0.6 is 0 Å². The molecule has 3 aliphatic rings. The molecule has 56 heavy (non-hydrogen) atoms. The smallest absolute Gasteiger partial charge is 0.330 e. The predicted molar refractivity (Wildman–Crippen MR) is 215 cm³/mol. The third-order valence-corrected chi connectivity index (χ3v) is 13.4. The second kappa shape index (κ2) is 20.6. The van der Waals surface area contributed by atoms with Gasteiger partial charge in [0.2, 0.25) is 0 Å². The molecule has 0 radical (unpaired) electrons. The lowest BCUT2D eigenvalue weighted by Crippen LogP contribution is -2.62. The molecule has 11 heteroatoms. The number of hydrogen-bond donors (Lipinski definition) is 5. The molecule has 3 heterocycles. The van der Waals surface area contributed by atoms with Gasteiger partial charge in [-0.05, 0) is 70.1 Å². The predicted octanol–water partition coefficient (Wildman–Crippen LogP) is 5.88. The van der Waals surface area contributed by atoms with E-state index in [2.05, 4.69) is 19.9 Å². The zero-order chi connectivity index (χ0) is 42.3. The standard InChI is InChI=1S/C45H74O11/c1-12-34-17-15-13-14-16-27(4)42(51)44(11,53)43(52)32(9)40(50)31(8)39(49)30(7)38(48)26(3)18-21-37(47)54-41-29(6)35(20-19-34)55-45(33(41)10)23-22-25(2)36(56-45)24-28(5)46/h13-15,17-18,21,25-36,38,40-42,46,48,50-51,53H,12,16,19-20,22-24H2,1-11H3/b14-13+,17-15+,21-18+/t25-,26-,27+,28+,29+,30-,31+,32+,33-,34-,35-,36+,38+,40-,41+,42-,44+,45+/m1/s1. The van der Waals surface area contributed by atoms with Gasteiger partial charge in [0.25, 0.3) is 0 Å². The average Bonchev–Trinajstić information content (AvgIpc) is 3.16. The van der Waals surface area contributed by atoms with E-state index in [0.717, 1.165) is 19.3 Å². The fourth-order valence-corrected chi connectivity index (χ4v) is 9.01. The lowest BCUT2D eigenvalue weighted by atomic mass is 9.74. The number of fused-ring (bicyclic) bond motifs is 2. The van der Waals surface area contributed by atoms with E-state index in [4.69, 9.17) is 14.2 Å². The van der Waals surface area contributed by atoms with Gasteiger partial charge in [-0.15, -0.1) is 0 Å². The number of Topliss-reactive ketones (excluding diaryl/α,β-unsaturated/α-hetero) is 2. The van der Waals surface area contributed by atoms with Crippen LogP contribution in [0.3, 0.4) is 0 Å². The van der Waals surface area contributed by atoms with Crippen molar-refractivity contribution in [3.8, 4) is 0 Å². The molecule has 320 valence electrons. The van der Waals surface area contributed by atoms with Crippen LogP contribution in [0.5, 0.6) is 0 Å². The number of aliphatic hydroxyl groups is 5. The van der Waals surface area contributed by atoms with Gasteiger partial charge in [-0.25, -0.2) is 4.79 Å². The molecule has 0 amide bonds. The Morgan fingerprint density at radius 2 is 1.48 bits per heavy atom. The summed E-state index contributed by atoms with van der Waals surface area (Å²) in [4.78, 5) is 40.5. The average molecular weight is 791 g/mol. The summed E-state index contributed by atoms with van der Waals surface area (Å²) in [6.07, 6.45) is 9.62. The van der Waals surface area contributed by atoms with Crippen molar-refractivity contribution in [2.45, 2.75) is 175 Å². The van der Waals surface area contributed by atoms with Crippen LogP contribution in [0.15, 0.2) is 36.5 Å². The summed E-state index contributed by atoms with van der Waals surface area (Å²) in [5.41, 5.74) is -2.18. The molecule has 0 unspecified atom stereocenters. The van der Waals surface area contributed by atoms with Gasteiger partial charge in [0.15, 0.2) is 11.6 Å². The van der Waals surface area contributed by atoms with Gasteiger partial charge in [-0.1, -0.05) is 92.7 Å². The number of ether oxygens (including phenoxy) is 3. The van der Waals surface area contributed by atoms with Crippen LogP contribution in [0.4, 0.5) is 0 Å². The van der Waals surface area contributed by atoms with E-state index in [1.54, 1.807) is 20.8 Å². The first-order valence-corrected chi connectivity index (χ1v) is 21.2. The van der Waals surface area contributed by atoms with Crippen molar-refractivity contribution in [3.63, 3.8) is 0 Å². The van der Waals surface area contributed by atoms with Crippen LogP contribution in [0, 0.1) is 53.3 Å². The Labute approximate surface area is 336 Å². The highest BCUT2D eigenvalue weighted by Gasteiger charge is 2.56. The molecular formula is C45H74O11. The minimum absolute atomic E-state index is 0.168. The lowest BCUT2D eigenvalue weighted by Gasteiger charge is -2.55. The molecule has 0 aromatic heterocycles. The van der Waals surface area contributed by atoms with E-state index in [-0.39, 0.29) is 35.9 Å². The Morgan fingerprint density at radius 3 is 2.11 bits per heavy atom. The molecular weight excluding hydrogens is 716 g/mol. The monoisotopic (exact) mass is 791 g/mol. The fraction of sp³-hybridized carbons (Fsp3) is 0.800. The molecule has 0 aromatic carbocycles. The number of rotatable bonds is 3. The quantitative estimate of drug-likeness (QED) is 0.216. The molecule has 3 rings (SSSR count). The second-order valence-corrected chi connectivity index (χ2v) is 18.0.